The van der Waals surface area contributed by atoms with Crippen molar-refractivity contribution in [2.24, 2.45) is 22.5 Å². The number of nitrogens with two attached hydrogens (primary N) is 2. The Morgan fingerprint density at radius 2 is 2.42 bits per heavy atom. The molecule has 0 amide bonds. The molecule has 1 rings (SSSR count). The Balaban J connectivity index is 2.48. The summed E-state index contributed by atoms with van der Waals surface area (Å²) in [5, 5.41) is 0. The largest absolute Gasteiger partial charge is 0.381 e. The molecule has 5 nitrogen and oxygen atoms in total. The van der Waals surface area contributed by atoms with Gasteiger partial charge in [0.25, 0.3) is 0 Å². The second kappa shape index (κ2) is 4.27. The normalized spacial score (nSPS) is 31.7. The van der Waals surface area contributed by atoms with Crippen molar-refractivity contribution >= 4 is 5.96 Å². The maximum absolute atomic E-state index is 5.44. The molecule has 70 valence electrons. The molecular formula is C7H16N4O. The molecule has 2 unspecified atom stereocenters. The SMILES string of the molecule is CC1COCCC1N=C(N)NN. The molecule has 0 radical (unpaired) electrons. The van der Waals surface area contributed by atoms with E-state index in [9.17, 15) is 0 Å². The van der Waals surface area contributed by atoms with Crippen LogP contribution in [-0.4, -0.2) is 25.2 Å². The minimum absolute atomic E-state index is 0.245. The molecule has 0 aromatic heterocycles. The van der Waals surface area contributed by atoms with Gasteiger partial charge in [0.2, 0.25) is 5.96 Å². The summed E-state index contributed by atoms with van der Waals surface area (Å²) >= 11 is 0. The van der Waals surface area contributed by atoms with Gasteiger partial charge in [0, 0.05) is 12.5 Å². The van der Waals surface area contributed by atoms with Gasteiger partial charge in [0.1, 0.15) is 0 Å². The third-order valence-electron chi connectivity index (χ3n) is 2.05. The van der Waals surface area contributed by atoms with Gasteiger partial charge in [0.05, 0.1) is 12.6 Å². The molecule has 0 aromatic rings. The molecule has 5 N–H and O–H groups in total. The first-order valence-corrected chi connectivity index (χ1v) is 4.11. The summed E-state index contributed by atoms with van der Waals surface area (Å²) in [6.07, 6.45) is 0.920. The summed E-state index contributed by atoms with van der Waals surface area (Å²) < 4.78 is 5.27. The Morgan fingerprint density at radius 3 is 3.00 bits per heavy atom. The van der Waals surface area contributed by atoms with Gasteiger partial charge in [0.15, 0.2) is 0 Å². The molecule has 0 aliphatic carbocycles. The van der Waals surface area contributed by atoms with Crippen LogP contribution in [0.2, 0.25) is 0 Å². The molecule has 1 aliphatic rings. The first-order valence-electron chi connectivity index (χ1n) is 4.11. The molecule has 5 heteroatoms. The van der Waals surface area contributed by atoms with Crippen LogP contribution in [0.1, 0.15) is 13.3 Å². The zero-order chi connectivity index (χ0) is 8.97. The molecule has 0 saturated carbocycles. The fourth-order valence-electron chi connectivity index (χ4n) is 1.28. The van der Waals surface area contributed by atoms with E-state index in [1.54, 1.807) is 0 Å². The highest BCUT2D eigenvalue weighted by Crippen LogP contribution is 2.16. The lowest BCUT2D eigenvalue weighted by atomic mass is 9.99. The average molecular weight is 172 g/mol. The topological polar surface area (TPSA) is 85.7 Å². The number of guanidine groups is 1. The zero-order valence-electron chi connectivity index (χ0n) is 7.29. The van der Waals surface area contributed by atoms with E-state index >= 15 is 0 Å². The Kier molecular flexibility index (Phi) is 3.31. The van der Waals surface area contributed by atoms with Crippen molar-refractivity contribution < 1.29 is 4.74 Å². The van der Waals surface area contributed by atoms with E-state index < -0.39 is 0 Å². The highest BCUT2D eigenvalue weighted by Gasteiger charge is 2.21. The van der Waals surface area contributed by atoms with E-state index in [4.69, 9.17) is 16.3 Å². The molecule has 12 heavy (non-hydrogen) atoms. The van der Waals surface area contributed by atoms with Crippen molar-refractivity contribution in [3.05, 3.63) is 0 Å². The number of ether oxygens (including phenoxy) is 1. The van der Waals surface area contributed by atoms with E-state index in [-0.39, 0.29) is 6.04 Å². The number of aliphatic imine (C=N–C) groups is 1. The van der Waals surface area contributed by atoms with Crippen molar-refractivity contribution in [2.75, 3.05) is 13.2 Å². The van der Waals surface area contributed by atoms with Gasteiger partial charge in [-0.15, -0.1) is 0 Å². The monoisotopic (exact) mass is 172 g/mol. The number of nitrogens with zero attached hydrogens (tertiary/aromatic N) is 1. The van der Waals surface area contributed by atoms with Gasteiger partial charge in [-0.3, -0.25) is 5.43 Å². The number of rotatable bonds is 1. The average Bonchev–Trinajstić information content (AvgIpc) is 2.09. The van der Waals surface area contributed by atoms with Gasteiger partial charge < -0.3 is 10.5 Å². The lowest BCUT2D eigenvalue weighted by molar-refractivity contribution is 0.0496. The molecule has 2 atom stereocenters. The second-order valence-corrected chi connectivity index (χ2v) is 3.07. The standard InChI is InChI=1S/C7H16N4O/c1-5-4-12-3-2-6(5)10-7(8)11-9/h5-6H,2-4,9H2,1H3,(H3,8,10,11). The van der Waals surface area contributed by atoms with Crippen LogP contribution in [-0.2, 0) is 4.74 Å². The lowest BCUT2D eigenvalue weighted by Crippen LogP contribution is -2.40. The highest BCUT2D eigenvalue weighted by molar-refractivity contribution is 5.77. The predicted octanol–water partition coefficient (Wildman–Crippen LogP) is -0.811. The molecule has 0 spiro atoms. The Labute approximate surface area is 72.1 Å². The van der Waals surface area contributed by atoms with Crippen molar-refractivity contribution in [1.82, 2.24) is 5.43 Å². The first kappa shape index (κ1) is 9.28. The maximum Gasteiger partial charge on any atom is 0.203 e. The lowest BCUT2D eigenvalue weighted by Gasteiger charge is -2.25. The van der Waals surface area contributed by atoms with Crippen LogP contribution in [0.3, 0.4) is 0 Å². The van der Waals surface area contributed by atoms with E-state index in [1.165, 1.54) is 0 Å². The van der Waals surface area contributed by atoms with Gasteiger partial charge >= 0.3 is 0 Å². The molecule has 1 fully saturated rings. The van der Waals surface area contributed by atoms with Crippen LogP contribution in [0, 0.1) is 5.92 Å². The van der Waals surface area contributed by atoms with E-state index in [0.717, 1.165) is 19.6 Å². The van der Waals surface area contributed by atoms with Crippen molar-refractivity contribution in [2.45, 2.75) is 19.4 Å². The fourth-order valence-corrected chi connectivity index (χ4v) is 1.28. The zero-order valence-corrected chi connectivity index (χ0v) is 7.29. The molecule has 0 bridgehead atoms. The van der Waals surface area contributed by atoms with Gasteiger partial charge in [-0.2, -0.15) is 0 Å². The molecule has 1 saturated heterocycles. The minimum Gasteiger partial charge on any atom is -0.381 e. The number of hydrazine groups is 1. The van der Waals surface area contributed by atoms with Crippen LogP contribution in [0.5, 0.6) is 0 Å². The van der Waals surface area contributed by atoms with Gasteiger partial charge in [-0.25, -0.2) is 10.8 Å². The van der Waals surface area contributed by atoms with E-state index in [1.807, 2.05) is 0 Å². The van der Waals surface area contributed by atoms with Crippen LogP contribution < -0.4 is 17.0 Å². The van der Waals surface area contributed by atoms with Crippen molar-refractivity contribution in [3.8, 4) is 0 Å². The third-order valence-corrected chi connectivity index (χ3v) is 2.05. The van der Waals surface area contributed by atoms with Crippen LogP contribution in [0.15, 0.2) is 4.99 Å². The van der Waals surface area contributed by atoms with Crippen LogP contribution >= 0.6 is 0 Å². The van der Waals surface area contributed by atoms with Crippen LogP contribution in [0.4, 0.5) is 0 Å². The summed E-state index contributed by atoms with van der Waals surface area (Å²) in [6.45, 7) is 3.61. The van der Waals surface area contributed by atoms with Crippen molar-refractivity contribution in [1.29, 1.82) is 0 Å². The number of hydrogen-bond donors (Lipinski definition) is 3. The summed E-state index contributed by atoms with van der Waals surface area (Å²) in [7, 11) is 0. The van der Waals surface area contributed by atoms with Crippen molar-refractivity contribution in [3.63, 3.8) is 0 Å². The predicted molar refractivity (Wildman–Crippen MR) is 47.3 cm³/mol. The quantitative estimate of drug-likeness (QED) is 0.209. The summed E-state index contributed by atoms with van der Waals surface area (Å²) in [4.78, 5) is 4.21. The van der Waals surface area contributed by atoms with E-state index in [2.05, 4.69) is 17.3 Å². The molecular weight excluding hydrogens is 156 g/mol. The molecule has 0 aromatic carbocycles. The Bertz CT molecular complexity index is 171. The third kappa shape index (κ3) is 2.35. The molecule has 1 heterocycles. The van der Waals surface area contributed by atoms with E-state index in [0.29, 0.717) is 11.9 Å². The van der Waals surface area contributed by atoms with Gasteiger partial charge in [-0.1, -0.05) is 6.92 Å². The summed E-state index contributed by atoms with van der Waals surface area (Å²) in [6, 6.07) is 0.245. The minimum atomic E-state index is 0.245. The number of hydrogen-bond acceptors (Lipinski definition) is 3. The molecule has 1 aliphatic heterocycles. The fraction of sp³-hybridized carbons (Fsp3) is 0.857. The Hall–Kier alpha value is -0.810. The first-order chi connectivity index (χ1) is 5.74. The maximum atomic E-state index is 5.44. The smallest absolute Gasteiger partial charge is 0.203 e. The summed E-state index contributed by atoms with van der Waals surface area (Å²) in [5.74, 6) is 5.82. The second-order valence-electron chi connectivity index (χ2n) is 3.07. The number of nitrogens with one attached hydrogen (secondary N) is 1. The van der Waals surface area contributed by atoms with Gasteiger partial charge in [-0.05, 0) is 6.42 Å². The van der Waals surface area contributed by atoms with Crippen LogP contribution in [0.25, 0.3) is 0 Å². The summed E-state index contributed by atoms with van der Waals surface area (Å²) in [5.41, 5.74) is 7.76. The highest BCUT2D eigenvalue weighted by atomic mass is 16.5. The Morgan fingerprint density at radius 1 is 1.67 bits per heavy atom.